The van der Waals surface area contributed by atoms with Gasteiger partial charge in [-0.15, -0.1) is 0 Å². The van der Waals surface area contributed by atoms with E-state index < -0.39 is 0 Å². The average Bonchev–Trinajstić information content (AvgIpc) is 2.52. The lowest BCUT2D eigenvalue weighted by molar-refractivity contribution is 0.0788. The number of hydrogen-bond acceptors (Lipinski definition) is 3. The molecule has 0 aliphatic carbocycles. The van der Waals surface area contributed by atoms with Crippen LogP contribution in [-0.2, 0) is 6.42 Å². The van der Waals surface area contributed by atoms with Crippen molar-refractivity contribution in [1.29, 1.82) is 0 Å². The standard InChI is InChI=1S/C17H21N3O/c1-20(17(21)16-15(18)11-7-12-19-16)13-6-5-10-14-8-3-2-4-9-14/h2-4,7-9,11-12H,5-6,10,13,18H2,1H3. The predicted octanol–water partition coefficient (Wildman–Crippen LogP) is 2.76. The summed E-state index contributed by atoms with van der Waals surface area (Å²) in [6, 6.07) is 13.8. The highest BCUT2D eigenvalue weighted by Crippen LogP contribution is 2.11. The van der Waals surface area contributed by atoms with E-state index in [9.17, 15) is 4.79 Å². The van der Waals surface area contributed by atoms with Gasteiger partial charge in [-0.25, -0.2) is 4.98 Å². The van der Waals surface area contributed by atoms with E-state index >= 15 is 0 Å². The summed E-state index contributed by atoms with van der Waals surface area (Å²) in [4.78, 5) is 18.0. The lowest BCUT2D eigenvalue weighted by atomic mass is 10.1. The molecule has 110 valence electrons. The van der Waals surface area contributed by atoms with Crippen molar-refractivity contribution >= 4 is 11.6 Å². The van der Waals surface area contributed by atoms with Crippen LogP contribution in [0.1, 0.15) is 28.9 Å². The Kier molecular flexibility index (Phi) is 5.32. The fraction of sp³-hybridized carbons (Fsp3) is 0.294. The molecule has 2 rings (SSSR count). The molecule has 2 N–H and O–H groups in total. The molecule has 2 aromatic rings. The van der Waals surface area contributed by atoms with Crippen molar-refractivity contribution in [2.45, 2.75) is 19.3 Å². The number of carbonyl (C=O) groups excluding carboxylic acids is 1. The average molecular weight is 283 g/mol. The summed E-state index contributed by atoms with van der Waals surface area (Å²) in [5.74, 6) is -0.118. The van der Waals surface area contributed by atoms with E-state index in [0.29, 0.717) is 17.9 Å². The first-order valence-corrected chi connectivity index (χ1v) is 7.18. The van der Waals surface area contributed by atoms with Gasteiger partial charge in [0, 0.05) is 19.8 Å². The molecule has 0 spiro atoms. The van der Waals surface area contributed by atoms with Crippen LogP contribution in [0, 0.1) is 0 Å². The molecule has 1 amide bonds. The van der Waals surface area contributed by atoms with Crippen LogP contribution >= 0.6 is 0 Å². The van der Waals surface area contributed by atoms with Gasteiger partial charge in [0.15, 0.2) is 5.69 Å². The third-order valence-electron chi connectivity index (χ3n) is 3.44. The zero-order valence-electron chi connectivity index (χ0n) is 12.3. The molecule has 0 saturated carbocycles. The van der Waals surface area contributed by atoms with E-state index in [0.717, 1.165) is 19.3 Å². The quantitative estimate of drug-likeness (QED) is 0.829. The van der Waals surface area contributed by atoms with Crippen LogP contribution in [0.3, 0.4) is 0 Å². The summed E-state index contributed by atoms with van der Waals surface area (Å²) in [7, 11) is 1.79. The number of anilines is 1. The molecule has 1 heterocycles. The summed E-state index contributed by atoms with van der Waals surface area (Å²) in [6.07, 6.45) is 4.64. The molecule has 4 heteroatoms. The molecule has 0 bridgehead atoms. The Labute approximate surface area is 125 Å². The molecule has 0 unspecified atom stereocenters. The van der Waals surface area contributed by atoms with Crippen LogP contribution in [0.4, 0.5) is 5.69 Å². The molecule has 1 aromatic carbocycles. The van der Waals surface area contributed by atoms with Crippen LogP contribution in [0.5, 0.6) is 0 Å². The highest BCUT2D eigenvalue weighted by atomic mass is 16.2. The molecule has 21 heavy (non-hydrogen) atoms. The molecule has 4 nitrogen and oxygen atoms in total. The highest BCUT2D eigenvalue weighted by Gasteiger charge is 2.15. The van der Waals surface area contributed by atoms with Crippen molar-refractivity contribution in [3.63, 3.8) is 0 Å². The largest absolute Gasteiger partial charge is 0.397 e. The van der Waals surface area contributed by atoms with Crippen LogP contribution in [-0.4, -0.2) is 29.4 Å². The second-order valence-electron chi connectivity index (χ2n) is 5.11. The van der Waals surface area contributed by atoms with Gasteiger partial charge in [-0.3, -0.25) is 4.79 Å². The van der Waals surface area contributed by atoms with Gasteiger partial charge in [0.25, 0.3) is 5.91 Å². The minimum absolute atomic E-state index is 0.118. The van der Waals surface area contributed by atoms with Gasteiger partial charge in [0.05, 0.1) is 5.69 Å². The summed E-state index contributed by atoms with van der Waals surface area (Å²) >= 11 is 0. The second-order valence-corrected chi connectivity index (χ2v) is 5.11. The van der Waals surface area contributed by atoms with E-state index in [-0.39, 0.29) is 5.91 Å². The van der Waals surface area contributed by atoms with E-state index in [2.05, 4.69) is 29.2 Å². The molecule has 0 aliphatic rings. The van der Waals surface area contributed by atoms with Crippen molar-refractivity contribution in [2.24, 2.45) is 0 Å². The van der Waals surface area contributed by atoms with Gasteiger partial charge >= 0.3 is 0 Å². The number of aromatic nitrogens is 1. The lowest BCUT2D eigenvalue weighted by Crippen LogP contribution is -2.29. The van der Waals surface area contributed by atoms with Crippen molar-refractivity contribution in [3.8, 4) is 0 Å². The van der Waals surface area contributed by atoms with Crippen LogP contribution in [0.15, 0.2) is 48.7 Å². The normalized spacial score (nSPS) is 10.3. The number of nitrogens with zero attached hydrogens (tertiary/aromatic N) is 2. The number of amides is 1. The highest BCUT2D eigenvalue weighted by molar-refractivity contribution is 5.96. The molecule has 0 aliphatic heterocycles. The molecule has 0 fully saturated rings. The van der Waals surface area contributed by atoms with Crippen molar-refractivity contribution < 1.29 is 4.79 Å². The van der Waals surface area contributed by atoms with E-state index in [1.54, 1.807) is 30.3 Å². The maximum absolute atomic E-state index is 12.2. The van der Waals surface area contributed by atoms with Gasteiger partial charge < -0.3 is 10.6 Å². The van der Waals surface area contributed by atoms with Gasteiger partial charge in [0.2, 0.25) is 0 Å². The zero-order chi connectivity index (χ0) is 15.1. The number of carbonyl (C=O) groups is 1. The van der Waals surface area contributed by atoms with E-state index in [4.69, 9.17) is 5.73 Å². The Morgan fingerprint density at radius 3 is 2.62 bits per heavy atom. The number of aryl methyl sites for hydroxylation is 1. The van der Waals surface area contributed by atoms with Gasteiger partial charge in [-0.1, -0.05) is 30.3 Å². The van der Waals surface area contributed by atoms with E-state index in [1.807, 2.05) is 6.07 Å². The Hall–Kier alpha value is -2.36. The maximum atomic E-state index is 12.2. The summed E-state index contributed by atoms with van der Waals surface area (Å²) < 4.78 is 0. The number of rotatable bonds is 6. The van der Waals surface area contributed by atoms with E-state index in [1.165, 1.54) is 5.56 Å². The molecular weight excluding hydrogens is 262 g/mol. The summed E-state index contributed by atoms with van der Waals surface area (Å²) in [5.41, 5.74) is 7.88. The minimum Gasteiger partial charge on any atom is -0.397 e. The van der Waals surface area contributed by atoms with Crippen LogP contribution < -0.4 is 5.73 Å². The first-order valence-electron chi connectivity index (χ1n) is 7.18. The molecule has 1 aromatic heterocycles. The van der Waals surface area contributed by atoms with Crippen molar-refractivity contribution in [1.82, 2.24) is 9.88 Å². The first kappa shape index (κ1) is 15.0. The number of nitrogen functional groups attached to an aromatic ring is 1. The smallest absolute Gasteiger partial charge is 0.274 e. The molecular formula is C17H21N3O. The number of hydrogen-bond donors (Lipinski definition) is 1. The third kappa shape index (κ3) is 4.31. The van der Waals surface area contributed by atoms with Crippen LogP contribution in [0.25, 0.3) is 0 Å². The maximum Gasteiger partial charge on any atom is 0.274 e. The number of pyridine rings is 1. The number of unbranched alkanes of at least 4 members (excludes halogenated alkanes) is 1. The molecule has 0 atom stereocenters. The van der Waals surface area contributed by atoms with Crippen molar-refractivity contribution in [3.05, 3.63) is 59.9 Å². The fourth-order valence-corrected chi connectivity index (χ4v) is 2.20. The zero-order valence-corrected chi connectivity index (χ0v) is 12.3. The Bertz CT molecular complexity index is 584. The summed E-state index contributed by atoms with van der Waals surface area (Å²) in [6.45, 7) is 0.710. The number of benzene rings is 1. The monoisotopic (exact) mass is 283 g/mol. The van der Waals surface area contributed by atoms with Gasteiger partial charge in [-0.2, -0.15) is 0 Å². The summed E-state index contributed by atoms with van der Waals surface area (Å²) in [5, 5.41) is 0. The predicted molar refractivity (Wildman–Crippen MR) is 85.0 cm³/mol. The SMILES string of the molecule is CN(CCCCc1ccccc1)C(=O)c1ncccc1N. The minimum atomic E-state index is -0.118. The Morgan fingerprint density at radius 2 is 1.90 bits per heavy atom. The molecule has 0 radical (unpaired) electrons. The Morgan fingerprint density at radius 1 is 1.14 bits per heavy atom. The Balaban J connectivity index is 1.78. The third-order valence-corrected chi connectivity index (χ3v) is 3.44. The fourth-order valence-electron chi connectivity index (χ4n) is 2.20. The van der Waals surface area contributed by atoms with Gasteiger partial charge in [-0.05, 0) is 37.0 Å². The second kappa shape index (κ2) is 7.43. The van der Waals surface area contributed by atoms with Crippen molar-refractivity contribution in [2.75, 3.05) is 19.3 Å². The first-order chi connectivity index (χ1) is 10.2. The van der Waals surface area contributed by atoms with Crippen LogP contribution in [0.2, 0.25) is 0 Å². The van der Waals surface area contributed by atoms with Gasteiger partial charge in [0.1, 0.15) is 0 Å². The molecule has 0 saturated heterocycles. The topological polar surface area (TPSA) is 59.2 Å². The number of nitrogens with two attached hydrogens (primary N) is 1. The lowest BCUT2D eigenvalue weighted by Gasteiger charge is -2.17.